The highest BCUT2D eigenvalue weighted by Crippen LogP contribution is 2.43. The average molecular weight is 453 g/mol. The van der Waals surface area contributed by atoms with Gasteiger partial charge in [0.05, 0.1) is 11.6 Å². The van der Waals surface area contributed by atoms with Gasteiger partial charge in [0, 0.05) is 28.6 Å². The van der Waals surface area contributed by atoms with E-state index in [2.05, 4.69) is 4.98 Å². The van der Waals surface area contributed by atoms with Crippen molar-refractivity contribution in [3.63, 3.8) is 0 Å². The van der Waals surface area contributed by atoms with E-state index in [1.165, 1.54) is 16.2 Å². The minimum Gasteiger partial charge on any atom is -0.507 e. The molecule has 2 aliphatic rings. The number of aliphatic hydroxyl groups is 1. The van der Waals surface area contributed by atoms with Crippen molar-refractivity contribution in [3.8, 4) is 5.75 Å². The average Bonchev–Trinajstić information content (AvgIpc) is 3.46. The van der Waals surface area contributed by atoms with E-state index in [1.807, 2.05) is 13.0 Å². The number of fused-ring (bicyclic) bond motifs is 1. The Morgan fingerprint density at radius 1 is 1.23 bits per heavy atom. The fraction of sp³-hybridized carbons (Fsp3) is 0.174. The van der Waals surface area contributed by atoms with Gasteiger partial charge in [-0.2, -0.15) is 0 Å². The Balaban J connectivity index is 1.68. The molecule has 0 aliphatic carbocycles. The lowest BCUT2D eigenvalue weighted by Gasteiger charge is -2.23. The van der Waals surface area contributed by atoms with Crippen LogP contribution in [0.4, 0.5) is 5.13 Å². The van der Waals surface area contributed by atoms with E-state index < -0.39 is 17.7 Å². The number of rotatable bonds is 3. The first-order valence-corrected chi connectivity index (χ1v) is 11.0. The van der Waals surface area contributed by atoms with Crippen LogP contribution in [-0.4, -0.2) is 27.9 Å². The van der Waals surface area contributed by atoms with E-state index in [0.29, 0.717) is 27.7 Å². The summed E-state index contributed by atoms with van der Waals surface area (Å²) < 4.78 is 5.73. The Bertz CT molecular complexity index is 1220. The molecule has 8 heteroatoms. The number of carbonyl (C=O) groups excluding carboxylic acids is 2. The molecule has 31 heavy (non-hydrogen) atoms. The SMILES string of the molecule is C[C@@H]1Cc2cc(C(O)=C3C(=O)C(=O)N(c4nccs4)[C@@H]3c3ccc(Cl)cc3)ccc2O1. The molecule has 0 saturated carbocycles. The number of hydrogen-bond donors (Lipinski definition) is 1. The van der Waals surface area contributed by atoms with Crippen LogP contribution in [0.15, 0.2) is 59.6 Å². The molecular formula is C23H17ClN2O4S. The number of anilines is 1. The summed E-state index contributed by atoms with van der Waals surface area (Å²) in [5.74, 6) is -0.937. The third kappa shape index (κ3) is 3.30. The maximum absolute atomic E-state index is 13.1. The zero-order valence-electron chi connectivity index (χ0n) is 16.4. The summed E-state index contributed by atoms with van der Waals surface area (Å²) in [5.41, 5.74) is 2.09. The summed E-state index contributed by atoms with van der Waals surface area (Å²) in [6.07, 6.45) is 2.33. The number of carbonyl (C=O) groups is 2. The quantitative estimate of drug-likeness (QED) is 0.352. The Labute approximate surface area is 187 Å². The van der Waals surface area contributed by atoms with Gasteiger partial charge in [-0.25, -0.2) is 4.98 Å². The van der Waals surface area contributed by atoms with Crippen molar-refractivity contribution >= 4 is 45.5 Å². The van der Waals surface area contributed by atoms with Crippen LogP contribution in [0.25, 0.3) is 5.76 Å². The molecule has 0 unspecified atom stereocenters. The minimum absolute atomic E-state index is 0.0226. The van der Waals surface area contributed by atoms with Gasteiger partial charge in [-0.3, -0.25) is 14.5 Å². The first-order valence-electron chi connectivity index (χ1n) is 9.70. The van der Waals surface area contributed by atoms with Crippen molar-refractivity contribution in [1.82, 2.24) is 4.98 Å². The summed E-state index contributed by atoms with van der Waals surface area (Å²) in [5, 5.41) is 13.9. The van der Waals surface area contributed by atoms with Crippen LogP contribution in [0.1, 0.15) is 29.7 Å². The van der Waals surface area contributed by atoms with Crippen LogP contribution < -0.4 is 9.64 Å². The molecule has 1 saturated heterocycles. The van der Waals surface area contributed by atoms with E-state index in [1.54, 1.807) is 48.0 Å². The highest BCUT2D eigenvalue weighted by molar-refractivity contribution is 7.14. The predicted molar refractivity (Wildman–Crippen MR) is 119 cm³/mol. The second kappa shape index (κ2) is 7.51. The summed E-state index contributed by atoms with van der Waals surface area (Å²) in [6.45, 7) is 1.97. The third-order valence-corrected chi connectivity index (χ3v) is 6.45. The second-order valence-corrected chi connectivity index (χ2v) is 8.80. The predicted octanol–water partition coefficient (Wildman–Crippen LogP) is 4.75. The van der Waals surface area contributed by atoms with Gasteiger partial charge in [-0.15, -0.1) is 11.3 Å². The lowest BCUT2D eigenvalue weighted by Crippen LogP contribution is -2.29. The number of nitrogens with zero attached hydrogens (tertiary/aromatic N) is 2. The van der Waals surface area contributed by atoms with Crippen LogP contribution in [0.3, 0.4) is 0 Å². The van der Waals surface area contributed by atoms with Gasteiger partial charge in [0.1, 0.15) is 17.6 Å². The van der Waals surface area contributed by atoms with Gasteiger partial charge >= 0.3 is 5.91 Å². The molecule has 3 aromatic rings. The molecule has 0 bridgehead atoms. The van der Waals surface area contributed by atoms with Crippen LogP contribution in [-0.2, 0) is 16.0 Å². The molecular weight excluding hydrogens is 436 g/mol. The van der Waals surface area contributed by atoms with Gasteiger partial charge < -0.3 is 9.84 Å². The van der Waals surface area contributed by atoms with E-state index in [9.17, 15) is 14.7 Å². The van der Waals surface area contributed by atoms with Crippen LogP contribution in [0, 0.1) is 0 Å². The van der Waals surface area contributed by atoms with Gasteiger partial charge in [0.15, 0.2) is 5.13 Å². The van der Waals surface area contributed by atoms with Crippen molar-refractivity contribution < 1.29 is 19.4 Å². The molecule has 1 amide bonds. The monoisotopic (exact) mass is 452 g/mol. The zero-order chi connectivity index (χ0) is 21.7. The van der Waals surface area contributed by atoms with Crippen molar-refractivity contribution in [2.24, 2.45) is 0 Å². The number of hydrogen-bond acceptors (Lipinski definition) is 6. The number of aliphatic hydroxyl groups excluding tert-OH is 1. The largest absolute Gasteiger partial charge is 0.507 e. The number of halogens is 1. The topological polar surface area (TPSA) is 79.7 Å². The molecule has 3 heterocycles. The van der Waals surface area contributed by atoms with E-state index in [-0.39, 0.29) is 17.4 Å². The lowest BCUT2D eigenvalue weighted by molar-refractivity contribution is -0.132. The Morgan fingerprint density at radius 3 is 2.71 bits per heavy atom. The number of ether oxygens (including phenoxy) is 1. The molecule has 2 atom stereocenters. The first-order chi connectivity index (χ1) is 14.9. The number of Topliss-reactive ketones (excluding diaryl/α,β-unsaturated/α-hetero) is 1. The van der Waals surface area contributed by atoms with Gasteiger partial charge in [-0.1, -0.05) is 23.7 Å². The smallest absolute Gasteiger partial charge is 0.301 e. The normalized spacial score (nSPS) is 21.9. The molecule has 1 fully saturated rings. The Hall–Kier alpha value is -3.16. The minimum atomic E-state index is -0.813. The van der Waals surface area contributed by atoms with E-state index in [0.717, 1.165) is 11.3 Å². The van der Waals surface area contributed by atoms with Gasteiger partial charge in [0.2, 0.25) is 0 Å². The lowest BCUT2D eigenvalue weighted by atomic mass is 9.94. The number of thiazole rings is 1. The number of benzene rings is 2. The molecule has 6 nitrogen and oxygen atoms in total. The van der Waals surface area contributed by atoms with Crippen molar-refractivity contribution in [1.29, 1.82) is 0 Å². The molecule has 5 rings (SSSR count). The highest BCUT2D eigenvalue weighted by atomic mass is 35.5. The molecule has 1 aromatic heterocycles. The third-order valence-electron chi connectivity index (χ3n) is 5.42. The summed E-state index contributed by atoms with van der Waals surface area (Å²) in [6, 6.07) is 11.3. The number of amides is 1. The van der Waals surface area contributed by atoms with Crippen molar-refractivity contribution in [2.75, 3.05) is 4.90 Å². The van der Waals surface area contributed by atoms with E-state index >= 15 is 0 Å². The van der Waals surface area contributed by atoms with Crippen molar-refractivity contribution in [3.05, 3.63) is 81.3 Å². The standard InChI is InChI=1S/C23H17ClN2O4S/c1-12-10-15-11-14(4-7-17(15)30-12)20(27)18-19(13-2-5-16(24)6-3-13)26(22(29)21(18)28)23-25-8-9-31-23/h2-9,11-12,19,27H,10H2,1H3/t12-,19-/m1/s1. The number of ketones is 1. The highest BCUT2D eigenvalue weighted by Gasteiger charge is 2.48. The summed E-state index contributed by atoms with van der Waals surface area (Å²) in [7, 11) is 0. The second-order valence-electron chi connectivity index (χ2n) is 7.49. The van der Waals surface area contributed by atoms with Gasteiger partial charge in [0.25, 0.3) is 5.78 Å². The van der Waals surface area contributed by atoms with Crippen LogP contribution in [0.2, 0.25) is 5.02 Å². The summed E-state index contributed by atoms with van der Waals surface area (Å²) in [4.78, 5) is 31.6. The molecule has 1 N–H and O–H groups in total. The maximum atomic E-state index is 13.1. The molecule has 2 aliphatic heterocycles. The van der Waals surface area contributed by atoms with Gasteiger partial charge in [-0.05, 0) is 48.4 Å². The maximum Gasteiger partial charge on any atom is 0.301 e. The molecule has 2 aromatic carbocycles. The summed E-state index contributed by atoms with van der Waals surface area (Å²) >= 11 is 7.29. The Kier molecular flexibility index (Phi) is 4.79. The fourth-order valence-electron chi connectivity index (χ4n) is 4.05. The molecule has 156 valence electrons. The Morgan fingerprint density at radius 2 is 2.00 bits per heavy atom. The van der Waals surface area contributed by atoms with Crippen LogP contribution >= 0.6 is 22.9 Å². The molecule has 0 radical (unpaired) electrons. The molecule has 0 spiro atoms. The van der Waals surface area contributed by atoms with Crippen LogP contribution in [0.5, 0.6) is 5.75 Å². The zero-order valence-corrected chi connectivity index (χ0v) is 18.0. The fourth-order valence-corrected chi connectivity index (χ4v) is 4.84. The van der Waals surface area contributed by atoms with E-state index in [4.69, 9.17) is 16.3 Å². The van der Waals surface area contributed by atoms with Crippen molar-refractivity contribution in [2.45, 2.75) is 25.5 Å². The first kappa shape index (κ1) is 19.8. The number of aromatic nitrogens is 1.